The van der Waals surface area contributed by atoms with Gasteiger partial charge in [-0.15, -0.1) is 12.2 Å². The van der Waals surface area contributed by atoms with Crippen molar-refractivity contribution in [3.8, 4) is 0 Å². The third-order valence-corrected chi connectivity index (χ3v) is 0.902. The Morgan fingerprint density at radius 3 is 2.62 bits per heavy atom. The fraction of sp³-hybridized carbons (Fsp3) is 0.167. The molecule has 0 aliphatic heterocycles. The molecule has 0 saturated heterocycles. The summed E-state index contributed by atoms with van der Waals surface area (Å²) >= 11 is 0. The molecule has 0 amide bonds. The molecule has 0 fully saturated rings. The number of hydrogen-bond donors (Lipinski definition) is 0. The molecule has 1 aliphatic rings. The van der Waals surface area contributed by atoms with Gasteiger partial charge in [0.1, 0.15) is 0 Å². The molecule has 0 bridgehead atoms. The van der Waals surface area contributed by atoms with E-state index in [2.05, 4.69) is 0 Å². The fourth-order valence-corrected chi connectivity index (χ4v) is 0.523. The minimum Gasteiger partial charge on any atom is -0.419 e. The summed E-state index contributed by atoms with van der Waals surface area (Å²) in [4.78, 5) is 9.77. The molecular formula is C6H5MoO-. The van der Waals surface area contributed by atoms with E-state index in [0.717, 1.165) is 12.0 Å². The van der Waals surface area contributed by atoms with E-state index in [0.29, 0.717) is 0 Å². The third kappa shape index (κ3) is 1.75. The summed E-state index contributed by atoms with van der Waals surface area (Å²) in [5.74, 6) is 0. The van der Waals surface area contributed by atoms with Crippen LogP contribution in [0.25, 0.3) is 0 Å². The van der Waals surface area contributed by atoms with Gasteiger partial charge >= 0.3 is 0 Å². The van der Waals surface area contributed by atoms with Crippen LogP contribution in [0.15, 0.2) is 23.8 Å². The van der Waals surface area contributed by atoms with E-state index in [-0.39, 0.29) is 21.1 Å². The van der Waals surface area contributed by atoms with Crippen LogP contribution in [0.5, 0.6) is 0 Å². The Hall–Kier alpha value is -0.162. The van der Waals surface area contributed by atoms with E-state index < -0.39 is 0 Å². The number of rotatable bonds is 1. The van der Waals surface area contributed by atoms with Crippen LogP contribution in [-0.2, 0) is 25.9 Å². The molecular weight excluding hydrogens is 184 g/mol. The van der Waals surface area contributed by atoms with Gasteiger partial charge in [-0.3, -0.25) is 0 Å². The average molecular weight is 189 g/mol. The van der Waals surface area contributed by atoms with Crippen molar-refractivity contribution in [1.82, 2.24) is 0 Å². The molecule has 1 rings (SSSR count). The van der Waals surface area contributed by atoms with E-state index in [1.54, 1.807) is 6.08 Å². The topological polar surface area (TPSA) is 17.1 Å². The van der Waals surface area contributed by atoms with E-state index in [1.807, 2.05) is 18.4 Å². The van der Waals surface area contributed by atoms with Crippen molar-refractivity contribution in [2.45, 2.75) is 6.42 Å². The van der Waals surface area contributed by atoms with Crippen LogP contribution in [0, 0.1) is 0 Å². The van der Waals surface area contributed by atoms with Gasteiger partial charge in [0, 0.05) is 21.1 Å². The van der Waals surface area contributed by atoms with E-state index >= 15 is 0 Å². The molecule has 0 spiro atoms. The summed E-state index contributed by atoms with van der Waals surface area (Å²) in [6, 6.07) is 0. The first-order chi connectivity index (χ1) is 3.43. The molecule has 2 heteroatoms. The zero-order chi connectivity index (χ0) is 5.11. The van der Waals surface area contributed by atoms with Crippen molar-refractivity contribution in [1.29, 1.82) is 0 Å². The second kappa shape index (κ2) is 3.79. The third-order valence-electron chi connectivity index (χ3n) is 0.902. The van der Waals surface area contributed by atoms with Gasteiger partial charge in [0.2, 0.25) is 0 Å². The molecule has 0 aromatic carbocycles. The Balaban J connectivity index is 0.000000490. The van der Waals surface area contributed by atoms with Crippen LogP contribution < -0.4 is 0 Å². The van der Waals surface area contributed by atoms with Crippen molar-refractivity contribution >= 4 is 6.29 Å². The summed E-state index contributed by atoms with van der Waals surface area (Å²) in [6.07, 6.45) is 8.14. The van der Waals surface area contributed by atoms with Crippen LogP contribution in [-0.4, -0.2) is 6.29 Å². The van der Waals surface area contributed by atoms with Gasteiger partial charge in [-0.05, 0) is 12.7 Å². The van der Waals surface area contributed by atoms with Crippen molar-refractivity contribution in [2.24, 2.45) is 0 Å². The van der Waals surface area contributed by atoms with Gasteiger partial charge < -0.3 is 4.79 Å². The van der Waals surface area contributed by atoms with E-state index in [4.69, 9.17) is 0 Å². The number of allylic oxidation sites excluding steroid dienone is 4. The Morgan fingerprint density at radius 1 is 1.62 bits per heavy atom. The molecule has 0 atom stereocenters. The van der Waals surface area contributed by atoms with Gasteiger partial charge in [-0.1, -0.05) is 0 Å². The molecule has 0 radical (unpaired) electrons. The molecule has 42 valence electrons. The standard InChI is InChI=1S/C6H5O.Mo/c7-5-6-3-1-2-4-6;/h1-3H,4H2;/q-1;. The summed E-state index contributed by atoms with van der Waals surface area (Å²) in [6.45, 7) is 0. The maximum atomic E-state index is 9.77. The first-order valence-electron chi connectivity index (χ1n) is 2.17. The summed E-state index contributed by atoms with van der Waals surface area (Å²) in [7, 11) is 0. The summed E-state index contributed by atoms with van der Waals surface area (Å²) in [5, 5.41) is 0. The first kappa shape index (κ1) is 7.84. The van der Waals surface area contributed by atoms with Crippen molar-refractivity contribution in [2.75, 3.05) is 0 Å². The van der Waals surface area contributed by atoms with Crippen molar-refractivity contribution in [3.63, 3.8) is 0 Å². The van der Waals surface area contributed by atoms with Crippen LogP contribution in [0.2, 0.25) is 0 Å². The second-order valence-corrected chi connectivity index (χ2v) is 1.43. The minimum absolute atomic E-state index is 0. The quantitative estimate of drug-likeness (QED) is 0.443. The Kier molecular flexibility index (Phi) is 3.72. The minimum atomic E-state index is 0. The van der Waals surface area contributed by atoms with Crippen molar-refractivity contribution in [3.05, 3.63) is 23.8 Å². The maximum Gasteiger partial charge on any atom is 0 e. The molecule has 0 aromatic heterocycles. The predicted molar refractivity (Wildman–Crippen MR) is 27.5 cm³/mol. The van der Waals surface area contributed by atoms with Gasteiger partial charge in [0.05, 0.1) is 0 Å². The Morgan fingerprint density at radius 2 is 2.38 bits per heavy atom. The fourth-order valence-electron chi connectivity index (χ4n) is 0.523. The average Bonchev–Trinajstić information content (AvgIpc) is 2.14. The van der Waals surface area contributed by atoms with Crippen LogP contribution >= 0.6 is 0 Å². The molecule has 1 nitrogen and oxygen atoms in total. The van der Waals surface area contributed by atoms with Gasteiger partial charge in [-0.2, -0.15) is 5.57 Å². The SMILES string of the molecule is O=[C-]C1=CC=CC1.[Mo]. The zero-order valence-electron chi connectivity index (χ0n) is 4.26. The van der Waals surface area contributed by atoms with Gasteiger partial charge in [-0.25, -0.2) is 6.08 Å². The molecule has 0 unspecified atom stereocenters. The maximum absolute atomic E-state index is 9.77. The van der Waals surface area contributed by atoms with Gasteiger partial charge in [0.15, 0.2) is 0 Å². The molecule has 0 saturated carbocycles. The first-order valence-corrected chi connectivity index (χ1v) is 2.17. The van der Waals surface area contributed by atoms with Crippen LogP contribution in [0.4, 0.5) is 0 Å². The largest absolute Gasteiger partial charge is 0.419 e. The van der Waals surface area contributed by atoms with E-state index in [1.165, 1.54) is 0 Å². The molecule has 8 heavy (non-hydrogen) atoms. The predicted octanol–water partition coefficient (Wildman–Crippen LogP) is 0.980. The van der Waals surface area contributed by atoms with Crippen LogP contribution in [0.1, 0.15) is 6.42 Å². The monoisotopic (exact) mass is 191 g/mol. The number of hydrogen-bond acceptors (Lipinski definition) is 1. The van der Waals surface area contributed by atoms with Crippen molar-refractivity contribution < 1.29 is 25.9 Å². The molecule has 0 N–H and O–H groups in total. The van der Waals surface area contributed by atoms with E-state index in [9.17, 15) is 4.79 Å². The Bertz CT molecular complexity index is 135. The molecule has 0 aromatic rings. The summed E-state index contributed by atoms with van der Waals surface area (Å²) < 4.78 is 0. The Labute approximate surface area is 62.7 Å². The zero-order valence-corrected chi connectivity index (χ0v) is 6.26. The smallest absolute Gasteiger partial charge is 0 e. The number of carbonyl (C=O) groups excluding carboxylic acids is 1. The summed E-state index contributed by atoms with van der Waals surface area (Å²) in [5.41, 5.74) is 0.750. The molecule has 1 aliphatic carbocycles. The normalized spacial score (nSPS) is 14.8. The van der Waals surface area contributed by atoms with Gasteiger partial charge in [0.25, 0.3) is 0 Å². The van der Waals surface area contributed by atoms with Crippen LogP contribution in [0.3, 0.4) is 0 Å². The second-order valence-electron chi connectivity index (χ2n) is 1.43. The molecule has 0 heterocycles.